The second-order valence-corrected chi connectivity index (χ2v) is 7.27. The summed E-state index contributed by atoms with van der Waals surface area (Å²) in [6.07, 6.45) is 0.875. The van der Waals surface area contributed by atoms with Crippen LogP contribution in [0, 0.1) is 24.0 Å². The molecular weight excluding hydrogens is 340 g/mol. The number of carbonyl (C=O) groups excluding carboxylic acids is 1. The molecule has 25 heavy (non-hydrogen) atoms. The third-order valence-corrected chi connectivity index (χ3v) is 4.87. The monoisotopic (exact) mass is 362 g/mol. The summed E-state index contributed by atoms with van der Waals surface area (Å²) in [5, 5.41) is 15.8. The van der Waals surface area contributed by atoms with Crippen molar-refractivity contribution in [1.82, 2.24) is 10.1 Å². The van der Waals surface area contributed by atoms with Crippen molar-refractivity contribution in [3.8, 4) is 0 Å². The maximum absolute atomic E-state index is 11.1. The molecule has 2 aromatic heterocycles. The first-order valence-electron chi connectivity index (χ1n) is 8.21. The quantitative estimate of drug-likeness (QED) is 0.460. The van der Waals surface area contributed by atoms with Crippen molar-refractivity contribution in [2.24, 2.45) is 0 Å². The van der Waals surface area contributed by atoms with E-state index in [4.69, 9.17) is 4.52 Å². The molecule has 0 aliphatic carbocycles. The third-order valence-electron chi connectivity index (χ3n) is 3.84. The molecule has 2 aromatic rings. The Balaban J connectivity index is 0.000000236. The lowest BCUT2D eigenvalue weighted by molar-refractivity contribution is -0.384. The summed E-state index contributed by atoms with van der Waals surface area (Å²) in [5.74, 6) is 0.582. The number of Topliss-reactive ketones (excluding diaryl/α,β-unsaturated/α-hetero) is 1. The van der Waals surface area contributed by atoms with Crippen LogP contribution in [0.3, 0.4) is 0 Å². The van der Waals surface area contributed by atoms with Gasteiger partial charge in [0, 0.05) is 37.7 Å². The Morgan fingerprint density at radius 2 is 1.92 bits per heavy atom. The van der Waals surface area contributed by atoms with E-state index in [0.717, 1.165) is 16.8 Å². The lowest BCUT2D eigenvalue weighted by atomic mass is 10.1. The van der Waals surface area contributed by atoms with Crippen LogP contribution in [0.5, 0.6) is 0 Å². The van der Waals surface area contributed by atoms with Gasteiger partial charge in [-0.3, -0.25) is 14.9 Å². The molecule has 1 aliphatic rings. The Morgan fingerprint density at radius 1 is 1.24 bits per heavy atom. The molecule has 9 heteroatoms. The topological polar surface area (TPSA) is 102 Å². The minimum absolute atomic E-state index is 0.00458. The lowest BCUT2D eigenvalue weighted by Gasteiger charge is -2.26. The molecule has 0 unspecified atom stereocenters. The van der Waals surface area contributed by atoms with Crippen LogP contribution < -0.4 is 10.3 Å². The van der Waals surface area contributed by atoms with Gasteiger partial charge >= 0.3 is 5.69 Å². The number of rotatable bonds is 3. The zero-order valence-electron chi connectivity index (χ0n) is 14.7. The largest absolute Gasteiger partial charge is 0.367 e. The minimum Gasteiger partial charge on any atom is -0.367 e. The Morgan fingerprint density at radius 3 is 2.40 bits per heavy atom. The summed E-state index contributed by atoms with van der Waals surface area (Å²) in [6.45, 7) is 6.94. The van der Waals surface area contributed by atoms with Crippen LogP contribution in [-0.4, -0.2) is 43.5 Å². The summed E-state index contributed by atoms with van der Waals surface area (Å²) in [4.78, 5) is 27.7. The van der Waals surface area contributed by atoms with Crippen molar-refractivity contribution in [1.29, 1.82) is 0 Å². The van der Waals surface area contributed by atoms with Crippen LogP contribution in [0.2, 0.25) is 6.55 Å². The average Bonchev–Trinajstić information content (AvgIpc) is 3.01. The van der Waals surface area contributed by atoms with E-state index in [1.807, 2.05) is 17.9 Å². The van der Waals surface area contributed by atoms with E-state index < -0.39 is 4.92 Å². The summed E-state index contributed by atoms with van der Waals surface area (Å²) in [6, 6.07) is 5.09. The number of hydrogen-bond donors (Lipinski definition) is 0. The average molecular weight is 362 g/mol. The van der Waals surface area contributed by atoms with Crippen molar-refractivity contribution >= 4 is 32.2 Å². The van der Waals surface area contributed by atoms with Gasteiger partial charge in [-0.15, -0.1) is 0 Å². The molecule has 0 saturated carbocycles. The fourth-order valence-corrected chi connectivity index (χ4v) is 3.15. The number of piperidine rings is 1. The molecule has 0 bridgehead atoms. The second-order valence-electron chi connectivity index (χ2n) is 5.87. The van der Waals surface area contributed by atoms with Crippen molar-refractivity contribution in [2.45, 2.75) is 33.2 Å². The minimum atomic E-state index is -0.432. The van der Waals surface area contributed by atoms with E-state index in [0.29, 0.717) is 31.7 Å². The van der Waals surface area contributed by atoms with Crippen LogP contribution >= 0.6 is 0 Å². The predicted octanol–water partition coefficient (Wildman–Crippen LogP) is 1.29. The highest BCUT2D eigenvalue weighted by Gasteiger charge is 2.24. The first-order chi connectivity index (χ1) is 11.9. The van der Waals surface area contributed by atoms with Crippen LogP contribution in [0.25, 0.3) is 0 Å². The molecule has 0 aromatic carbocycles. The van der Waals surface area contributed by atoms with E-state index in [1.54, 1.807) is 13.0 Å². The number of pyridine rings is 1. The number of aromatic nitrogens is 2. The Labute approximate surface area is 148 Å². The first-order valence-corrected chi connectivity index (χ1v) is 10.3. The van der Waals surface area contributed by atoms with Gasteiger partial charge < -0.3 is 9.42 Å². The molecular formula is C16H22N4O4Si. The Kier molecular flexibility index (Phi) is 6.40. The van der Waals surface area contributed by atoms with E-state index in [1.165, 1.54) is 6.07 Å². The number of nitrogens with zero attached hydrogens (tertiary/aromatic N) is 4. The van der Waals surface area contributed by atoms with E-state index in [-0.39, 0.29) is 21.0 Å². The zero-order chi connectivity index (χ0) is 18.4. The highest BCUT2D eigenvalue weighted by atomic mass is 28.2. The maximum atomic E-state index is 11.1. The summed E-state index contributed by atoms with van der Waals surface area (Å²) >= 11 is 0. The van der Waals surface area contributed by atoms with Gasteiger partial charge in [-0.2, -0.15) is 0 Å². The summed E-state index contributed by atoms with van der Waals surface area (Å²) in [5.41, 5.74) is 1.74. The van der Waals surface area contributed by atoms with Crippen LogP contribution in [-0.2, 0) is 4.79 Å². The number of anilines is 1. The zero-order valence-corrected chi connectivity index (χ0v) is 16.1. The van der Waals surface area contributed by atoms with E-state index in [2.05, 4.69) is 16.7 Å². The molecule has 1 aliphatic heterocycles. The molecule has 0 radical (unpaired) electrons. The highest BCUT2D eigenvalue weighted by Crippen LogP contribution is 2.27. The number of ketones is 1. The molecule has 3 rings (SSSR count). The van der Waals surface area contributed by atoms with Gasteiger partial charge in [0.05, 0.1) is 10.6 Å². The molecule has 0 amide bonds. The van der Waals surface area contributed by atoms with Gasteiger partial charge in [0.15, 0.2) is 0 Å². The van der Waals surface area contributed by atoms with Crippen LogP contribution in [0.4, 0.5) is 11.5 Å². The Hall–Kier alpha value is -2.55. The molecule has 3 heterocycles. The molecule has 1 fully saturated rings. The molecule has 134 valence electrons. The van der Waals surface area contributed by atoms with E-state index >= 15 is 0 Å². The number of nitro groups is 1. The third kappa shape index (κ3) is 5.21. The standard InChI is InChI=1S/C11H13N3O3.C5H9NOSi/c1-8-2-3-10(14(16)17)11(12-8)13-6-4-9(15)5-7-13;1-4-3-5(8-2)7-6-4/h2-3H,4-7H2,1H3;3H,8H2,1-2H3. The summed E-state index contributed by atoms with van der Waals surface area (Å²) in [7, 11) is -0.117. The number of aryl methyl sites for hydroxylation is 2. The summed E-state index contributed by atoms with van der Waals surface area (Å²) < 4.78 is 4.93. The second kappa shape index (κ2) is 8.52. The van der Waals surface area contributed by atoms with Crippen molar-refractivity contribution in [2.75, 3.05) is 18.0 Å². The molecule has 1 saturated heterocycles. The van der Waals surface area contributed by atoms with Crippen LogP contribution in [0.1, 0.15) is 24.2 Å². The predicted molar refractivity (Wildman–Crippen MR) is 97.4 cm³/mol. The lowest BCUT2D eigenvalue weighted by Crippen LogP contribution is -2.34. The first kappa shape index (κ1) is 18.8. The molecule has 8 nitrogen and oxygen atoms in total. The Bertz CT molecular complexity index is 752. The van der Waals surface area contributed by atoms with E-state index in [9.17, 15) is 14.9 Å². The molecule has 0 spiro atoms. The van der Waals surface area contributed by atoms with Gasteiger partial charge in [-0.1, -0.05) is 11.7 Å². The van der Waals surface area contributed by atoms with Crippen molar-refractivity contribution in [3.63, 3.8) is 0 Å². The van der Waals surface area contributed by atoms with Gasteiger partial charge in [-0.05, 0) is 26.0 Å². The SMILES string of the molecule is C[SiH2]c1cc(C)no1.Cc1ccc([N+](=O)[O-])c(N2CCC(=O)CC2)n1. The fourth-order valence-electron chi connectivity index (χ4n) is 2.46. The normalized spacial score (nSPS) is 14.5. The number of carbonyl (C=O) groups is 1. The smallest absolute Gasteiger partial charge is 0.311 e. The van der Waals surface area contributed by atoms with Gasteiger partial charge in [0.2, 0.25) is 5.82 Å². The van der Waals surface area contributed by atoms with Crippen LogP contribution in [0.15, 0.2) is 22.7 Å². The fraction of sp³-hybridized carbons (Fsp3) is 0.438. The number of hydrogen-bond acceptors (Lipinski definition) is 7. The van der Waals surface area contributed by atoms with Gasteiger partial charge in [0.25, 0.3) is 0 Å². The van der Waals surface area contributed by atoms with Gasteiger partial charge in [-0.25, -0.2) is 4.98 Å². The molecule has 0 atom stereocenters. The van der Waals surface area contributed by atoms with Gasteiger partial charge in [0.1, 0.15) is 20.7 Å². The van der Waals surface area contributed by atoms with Crippen molar-refractivity contribution < 1.29 is 14.2 Å². The molecule has 0 N–H and O–H groups in total. The maximum Gasteiger partial charge on any atom is 0.311 e. The highest BCUT2D eigenvalue weighted by molar-refractivity contribution is 6.50. The van der Waals surface area contributed by atoms with Crippen molar-refractivity contribution in [3.05, 3.63) is 39.7 Å².